The van der Waals surface area contributed by atoms with Crippen LogP contribution in [0, 0.1) is 13.8 Å². The molecule has 2 aromatic carbocycles. The molecule has 0 aromatic heterocycles. The lowest BCUT2D eigenvalue weighted by molar-refractivity contribution is 0.234. The van der Waals surface area contributed by atoms with Gasteiger partial charge in [0.1, 0.15) is 5.75 Å². The number of urea groups is 1. The molecular weight excluding hydrogens is 323 g/mol. The van der Waals surface area contributed by atoms with Gasteiger partial charge < -0.3 is 15.4 Å². The SMILES string of the molecule is Cc1ccc(C)c(NC(=O)NCOc2ccc(Cl)cc2Cl)c1. The molecule has 0 aliphatic carbocycles. The number of carbonyl (C=O) groups is 1. The normalized spacial score (nSPS) is 10.2. The topological polar surface area (TPSA) is 50.4 Å². The van der Waals surface area contributed by atoms with Gasteiger partial charge in [0.15, 0.2) is 6.73 Å². The number of aryl methyl sites for hydroxylation is 2. The molecule has 0 bridgehead atoms. The Labute approximate surface area is 139 Å². The molecule has 0 spiro atoms. The van der Waals surface area contributed by atoms with Gasteiger partial charge in [-0.1, -0.05) is 35.3 Å². The molecule has 0 fully saturated rings. The fourth-order valence-corrected chi connectivity index (χ4v) is 2.27. The Morgan fingerprint density at radius 1 is 1.14 bits per heavy atom. The molecule has 0 unspecified atom stereocenters. The average Bonchev–Trinajstić information content (AvgIpc) is 2.45. The molecule has 4 nitrogen and oxygen atoms in total. The van der Waals surface area contributed by atoms with Gasteiger partial charge in [-0.25, -0.2) is 4.79 Å². The van der Waals surface area contributed by atoms with Gasteiger partial charge >= 0.3 is 6.03 Å². The molecule has 22 heavy (non-hydrogen) atoms. The molecule has 2 rings (SSSR count). The minimum atomic E-state index is -0.348. The molecular formula is C16H16Cl2N2O2. The summed E-state index contributed by atoms with van der Waals surface area (Å²) in [4.78, 5) is 11.8. The largest absolute Gasteiger partial charge is 0.472 e. The van der Waals surface area contributed by atoms with E-state index in [9.17, 15) is 4.79 Å². The van der Waals surface area contributed by atoms with E-state index in [0.717, 1.165) is 16.8 Å². The van der Waals surface area contributed by atoms with Gasteiger partial charge in [0, 0.05) is 10.7 Å². The number of anilines is 1. The summed E-state index contributed by atoms with van der Waals surface area (Å²) in [6, 6.07) is 10.4. The number of ether oxygens (including phenoxy) is 1. The summed E-state index contributed by atoms with van der Waals surface area (Å²) in [5.41, 5.74) is 2.83. The van der Waals surface area contributed by atoms with Crippen LogP contribution in [0.2, 0.25) is 10.0 Å². The number of nitrogens with one attached hydrogen (secondary N) is 2. The van der Waals surface area contributed by atoms with Crippen LogP contribution < -0.4 is 15.4 Å². The lowest BCUT2D eigenvalue weighted by Crippen LogP contribution is -2.32. The molecule has 0 saturated heterocycles. The van der Waals surface area contributed by atoms with Crippen molar-refractivity contribution in [3.63, 3.8) is 0 Å². The summed E-state index contributed by atoms with van der Waals surface area (Å²) in [7, 11) is 0. The van der Waals surface area contributed by atoms with Crippen molar-refractivity contribution >= 4 is 34.9 Å². The highest BCUT2D eigenvalue weighted by molar-refractivity contribution is 6.35. The van der Waals surface area contributed by atoms with Crippen LogP contribution in [-0.2, 0) is 0 Å². The number of halogens is 2. The predicted octanol–water partition coefficient (Wildman–Crippen LogP) is 4.77. The van der Waals surface area contributed by atoms with E-state index < -0.39 is 0 Å². The lowest BCUT2D eigenvalue weighted by atomic mass is 10.1. The van der Waals surface area contributed by atoms with Crippen LogP contribution in [0.3, 0.4) is 0 Å². The van der Waals surface area contributed by atoms with E-state index in [4.69, 9.17) is 27.9 Å². The van der Waals surface area contributed by atoms with Gasteiger partial charge in [0.05, 0.1) is 5.02 Å². The van der Waals surface area contributed by atoms with Gasteiger partial charge in [0.2, 0.25) is 0 Å². The van der Waals surface area contributed by atoms with Gasteiger partial charge in [-0.15, -0.1) is 0 Å². The predicted molar refractivity (Wildman–Crippen MR) is 90.0 cm³/mol. The van der Waals surface area contributed by atoms with E-state index in [1.54, 1.807) is 18.2 Å². The number of benzene rings is 2. The fraction of sp³-hybridized carbons (Fsp3) is 0.188. The summed E-state index contributed by atoms with van der Waals surface area (Å²) in [5.74, 6) is 0.457. The van der Waals surface area contributed by atoms with Crippen molar-refractivity contribution in [3.05, 3.63) is 57.6 Å². The van der Waals surface area contributed by atoms with Crippen LogP contribution in [0.4, 0.5) is 10.5 Å². The Hall–Kier alpha value is -1.91. The second-order valence-electron chi connectivity index (χ2n) is 4.81. The average molecular weight is 339 g/mol. The highest BCUT2D eigenvalue weighted by Gasteiger charge is 2.06. The van der Waals surface area contributed by atoms with Crippen molar-refractivity contribution in [2.24, 2.45) is 0 Å². The van der Waals surface area contributed by atoms with Gasteiger partial charge in [-0.05, 0) is 49.2 Å². The highest BCUT2D eigenvalue weighted by atomic mass is 35.5. The van der Waals surface area contributed by atoms with E-state index in [0.29, 0.717) is 15.8 Å². The Morgan fingerprint density at radius 2 is 1.91 bits per heavy atom. The van der Waals surface area contributed by atoms with E-state index in [2.05, 4.69) is 10.6 Å². The molecule has 0 saturated carbocycles. The monoisotopic (exact) mass is 338 g/mol. The molecule has 0 aliphatic rings. The summed E-state index contributed by atoms with van der Waals surface area (Å²) in [6.07, 6.45) is 0. The zero-order chi connectivity index (χ0) is 16.1. The zero-order valence-corrected chi connectivity index (χ0v) is 13.8. The summed E-state index contributed by atoms with van der Waals surface area (Å²) in [6.45, 7) is 3.89. The number of rotatable bonds is 4. The van der Waals surface area contributed by atoms with Crippen molar-refractivity contribution < 1.29 is 9.53 Å². The number of hydrogen-bond donors (Lipinski definition) is 2. The third kappa shape index (κ3) is 4.55. The Balaban J connectivity index is 1.86. The molecule has 0 atom stereocenters. The first-order chi connectivity index (χ1) is 10.5. The summed E-state index contributed by atoms with van der Waals surface area (Å²) < 4.78 is 5.39. The van der Waals surface area contributed by atoms with Crippen LogP contribution in [0.15, 0.2) is 36.4 Å². The second kappa shape index (κ2) is 7.38. The molecule has 0 aliphatic heterocycles. The quantitative estimate of drug-likeness (QED) is 0.789. The lowest BCUT2D eigenvalue weighted by Gasteiger charge is -2.12. The van der Waals surface area contributed by atoms with E-state index in [1.165, 1.54) is 0 Å². The standard InChI is InChI=1S/C16H16Cl2N2O2/c1-10-3-4-11(2)14(7-10)20-16(21)19-9-22-15-6-5-12(17)8-13(15)18/h3-8H,9H2,1-2H3,(H2,19,20,21). The maximum Gasteiger partial charge on any atom is 0.321 e. The van der Waals surface area contributed by atoms with Crippen LogP contribution in [-0.4, -0.2) is 12.8 Å². The molecule has 0 radical (unpaired) electrons. The number of carbonyl (C=O) groups excluding carboxylic acids is 1. The minimum absolute atomic E-state index is 0.00194. The van der Waals surface area contributed by atoms with Crippen LogP contribution in [0.25, 0.3) is 0 Å². The highest BCUT2D eigenvalue weighted by Crippen LogP contribution is 2.27. The minimum Gasteiger partial charge on any atom is -0.472 e. The van der Waals surface area contributed by atoms with Gasteiger partial charge in [-0.2, -0.15) is 0 Å². The Kier molecular flexibility index (Phi) is 5.52. The summed E-state index contributed by atoms with van der Waals surface area (Å²) >= 11 is 11.8. The first kappa shape index (κ1) is 16.5. The first-order valence-corrected chi connectivity index (χ1v) is 7.41. The van der Waals surface area contributed by atoms with Crippen molar-refractivity contribution in [1.29, 1.82) is 0 Å². The van der Waals surface area contributed by atoms with Gasteiger partial charge in [0.25, 0.3) is 0 Å². The van der Waals surface area contributed by atoms with Gasteiger partial charge in [-0.3, -0.25) is 0 Å². The van der Waals surface area contributed by atoms with Crippen LogP contribution in [0.1, 0.15) is 11.1 Å². The van der Waals surface area contributed by atoms with Crippen LogP contribution >= 0.6 is 23.2 Å². The van der Waals surface area contributed by atoms with Crippen molar-refractivity contribution in [2.75, 3.05) is 12.0 Å². The zero-order valence-electron chi connectivity index (χ0n) is 12.2. The number of amides is 2. The van der Waals surface area contributed by atoms with E-state index in [-0.39, 0.29) is 12.8 Å². The van der Waals surface area contributed by atoms with Crippen molar-refractivity contribution in [2.45, 2.75) is 13.8 Å². The molecule has 116 valence electrons. The Morgan fingerprint density at radius 3 is 2.64 bits per heavy atom. The number of hydrogen-bond acceptors (Lipinski definition) is 2. The maximum atomic E-state index is 11.8. The maximum absolute atomic E-state index is 11.8. The third-order valence-corrected chi connectivity index (χ3v) is 3.53. The second-order valence-corrected chi connectivity index (χ2v) is 5.66. The van der Waals surface area contributed by atoms with Crippen molar-refractivity contribution in [1.82, 2.24) is 5.32 Å². The Bertz CT molecular complexity index is 690. The fourth-order valence-electron chi connectivity index (χ4n) is 1.81. The third-order valence-electron chi connectivity index (χ3n) is 3.00. The molecule has 2 aromatic rings. The first-order valence-electron chi connectivity index (χ1n) is 6.65. The molecule has 2 N–H and O–H groups in total. The van der Waals surface area contributed by atoms with E-state index >= 15 is 0 Å². The smallest absolute Gasteiger partial charge is 0.321 e. The summed E-state index contributed by atoms with van der Waals surface area (Å²) in [5, 5.41) is 6.30. The molecule has 2 amide bonds. The van der Waals surface area contributed by atoms with E-state index in [1.807, 2.05) is 32.0 Å². The molecule has 6 heteroatoms. The van der Waals surface area contributed by atoms with Crippen molar-refractivity contribution in [3.8, 4) is 5.75 Å². The van der Waals surface area contributed by atoms with Crippen LogP contribution in [0.5, 0.6) is 5.75 Å². The molecule has 0 heterocycles.